The number of benzene rings is 2. The summed E-state index contributed by atoms with van der Waals surface area (Å²) < 4.78 is 32.8. The van der Waals surface area contributed by atoms with Crippen molar-refractivity contribution in [2.24, 2.45) is 23.7 Å². The van der Waals surface area contributed by atoms with Gasteiger partial charge in [-0.25, -0.2) is 8.42 Å². The number of nitrogens with zero attached hydrogens (tertiary/aromatic N) is 1. The van der Waals surface area contributed by atoms with Gasteiger partial charge >= 0.3 is 0 Å². The average Bonchev–Trinajstić information content (AvgIpc) is 2.85. The van der Waals surface area contributed by atoms with E-state index in [2.05, 4.69) is 17.4 Å². The molecule has 0 radical (unpaired) electrons. The van der Waals surface area contributed by atoms with Gasteiger partial charge in [0.15, 0.2) is 0 Å². The van der Waals surface area contributed by atoms with Crippen LogP contribution in [-0.2, 0) is 14.8 Å². The Bertz CT molecular complexity index is 1200. The van der Waals surface area contributed by atoms with Crippen LogP contribution in [0.3, 0.4) is 0 Å². The second-order valence-electron chi connectivity index (χ2n) is 10.7. The van der Waals surface area contributed by atoms with Crippen LogP contribution in [0.4, 0.5) is 5.69 Å². The van der Waals surface area contributed by atoms with Gasteiger partial charge in [0.05, 0.1) is 18.2 Å². The standard InChI is InChI=1S/C27H31ClN2O4S/c28-24-6-3-20(16-25(24)35(32,33)30-7-9-34-10-8-30)27(31)29-23-4-1-19(2-5-23)26-21-12-17-11-18(14-21)15-22(26)13-17/h1-6,16-18,21-22,26H,7-15H2,(H,29,31). The summed E-state index contributed by atoms with van der Waals surface area (Å²) in [5, 5.41) is 3.02. The van der Waals surface area contributed by atoms with E-state index in [1.165, 1.54) is 54.1 Å². The van der Waals surface area contributed by atoms with Gasteiger partial charge in [-0.3, -0.25) is 4.79 Å². The Hall–Kier alpha value is -1.93. The van der Waals surface area contributed by atoms with Gasteiger partial charge in [-0.2, -0.15) is 4.31 Å². The van der Waals surface area contributed by atoms with Crippen LogP contribution >= 0.6 is 11.6 Å². The molecule has 4 bridgehead atoms. The molecule has 6 nitrogen and oxygen atoms in total. The highest BCUT2D eigenvalue weighted by Crippen LogP contribution is 2.59. The van der Waals surface area contributed by atoms with E-state index in [4.69, 9.17) is 16.3 Å². The van der Waals surface area contributed by atoms with Gasteiger partial charge in [0.2, 0.25) is 10.0 Å². The van der Waals surface area contributed by atoms with Crippen LogP contribution in [0.5, 0.6) is 0 Å². The monoisotopic (exact) mass is 514 g/mol. The number of rotatable bonds is 5. The van der Waals surface area contributed by atoms with E-state index in [0.29, 0.717) is 24.8 Å². The third kappa shape index (κ3) is 4.41. The first-order valence-corrected chi connectivity index (χ1v) is 14.5. The molecule has 4 aliphatic carbocycles. The summed E-state index contributed by atoms with van der Waals surface area (Å²) >= 11 is 6.24. The summed E-state index contributed by atoms with van der Waals surface area (Å²) in [6, 6.07) is 12.7. The Kier molecular flexibility index (Phi) is 6.16. The highest BCUT2D eigenvalue weighted by atomic mass is 35.5. The summed E-state index contributed by atoms with van der Waals surface area (Å²) in [7, 11) is -3.81. The molecule has 1 aliphatic heterocycles. The van der Waals surface area contributed by atoms with Crippen LogP contribution in [0.25, 0.3) is 0 Å². The predicted molar refractivity (Wildman–Crippen MR) is 135 cm³/mol. The van der Waals surface area contributed by atoms with Gasteiger partial charge in [-0.15, -0.1) is 0 Å². The highest BCUT2D eigenvalue weighted by molar-refractivity contribution is 7.89. The topological polar surface area (TPSA) is 75.7 Å². The largest absolute Gasteiger partial charge is 0.379 e. The zero-order valence-corrected chi connectivity index (χ0v) is 21.2. The zero-order valence-electron chi connectivity index (χ0n) is 19.7. The summed E-state index contributed by atoms with van der Waals surface area (Å²) in [5.41, 5.74) is 2.35. The van der Waals surface area contributed by atoms with Crippen LogP contribution in [0, 0.1) is 23.7 Å². The molecule has 35 heavy (non-hydrogen) atoms. The third-order valence-corrected chi connectivity index (χ3v) is 10.9. The van der Waals surface area contributed by atoms with Crippen LogP contribution in [-0.4, -0.2) is 44.9 Å². The quantitative estimate of drug-likeness (QED) is 0.598. The van der Waals surface area contributed by atoms with E-state index in [9.17, 15) is 13.2 Å². The molecule has 1 amide bonds. The lowest BCUT2D eigenvalue weighted by molar-refractivity contribution is -0.00277. The number of carbonyl (C=O) groups is 1. The lowest BCUT2D eigenvalue weighted by Gasteiger charge is -2.54. The van der Waals surface area contributed by atoms with Crippen LogP contribution in [0.2, 0.25) is 5.02 Å². The minimum atomic E-state index is -3.81. The number of morpholine rings is 1. The molecule has 1 saturated heterocycles. The second kappa shape index (κ2) is 9.18. The number of halogens is 1. The van der Waals surface area contributed by atoms with Crippen molar-refractivity contribution >= 4 is 33.2 Å². The van der Waals surface area contributed by atoms with Crippen molar-refractivity contribution in [3.05, 3.63) is 58.6 Å². The highest BCUT2D eigenvalue weighted by Gasteiger charge is 2.48. The van der Waals surface area contributed by atoms with Crippen molar-refractivity contribution < 1.29 is 17.9 Å². The van der Waals surface area contributed by atoms with E-state index in [0.717, 1.165) is 23.7 Å². The van der Waals surface area contributed by atoms with Crippen LogP contribution in [0.15, 0.2) is 47.4 Å². The van der Waals surface area contributed by atoms with Crippen molar-refractivity contribution in [1.82, 2.24) is 4.31 Å². The molecule has 186 valence electrons. The van der Waals surface area contributed by atoms with Crippen molar-refractivity contribution in [2.75, 3.05) is 31.6 Å². The summed E-state index contributed by atoms with van der Waals surface area (Å²) in [5.74, 6) is 3.81. The molecule has 4 saturated carbocycles. The Morgan fingerprint density at radius 1 is 0.914 bits per heavy atom. The second-order valence-corrected chi connectivity index (χ2v) is 13.0. The van der Waals surface area contributed by atoms with E-state index >= 15 is 0 Å². The maximum atomic E-state index is 13.1. The molecule has 8 heteroatoms. The number of anilines is 1. The van der Waals surface area contributed by atoms with Crippen molar-refractivity contribution in [3.8, 4) is 0 Å². The lowest BCUT2D eigenvalue weighted by atomic mass is 9.51. The smallest absolute Gasteiger partial charge is 0.255 e. The van der Waals surface area contributed by atoms with Crippen molar-refractivity contribution in [3.63, 3.8) is 0 Å². The van der Waals surface area contributed by atoms with Crippen molar-refractivity contribution in [2.45, 2.75) is 42.9 Å². The number of nitrogens with one attached hydrogen (secondary N) is 1. The molecule has 0 aromatic heterocycles. The number of ether oxygens (including phenoxy) is 1. The summed E-state index contributed by atoms with van der Waals surface area (Å²) in [6.07, 6.45) is 6.96. The molecule has 7 rings (SSSR count). The number of sulfonamides is 1. The SMILES string of the molecule is O=C(Nc1ccc(C2C3CC4CC(C3)CC2C4)cc1)c1ccc(Cl)c(S(=O)(=O)N2CCOCC2)c1. The maximum absolute atomic E-state index is 13.1. The Balaban J connectivity index is 1.17. The molecular weight excluding hydrogens is 484 g/mol. The summed E-state index contributed by atoms with van der Waals surface area (Å²) in [4.78, 5) is 12.9. The molecule has 1 N–H and O–H groups in total. The lowest BCUT2D eigenvalue weighted by Crippen LogP contribution is -2.43. The minimum Gasteiger partial charge on any atom is -0.379 e. The first-order valence-electron chi connectivity index (χ1n) is 12.7. The van der Waals surface area contributed by atoms with Gasteiger partial charge in [0.25, 0.3) is 5.91 Å². The molecular formula is C27H31ClN2O4S. The first kappa shape index (κ1) is 23.5. The van der Waals surface area contributed by atoms with Crippen LogP contribution in [0.1, 0.15) is 53.9 Å². The van der Waals surface area contributed by atoms with Gasteiger partial charge in [0.1, 0.15) is 4.90 Å². The van der Waals surface area contributed by atoms with Gasteiger partial charge in [0, 0.05) is 24.3 Å². The molecule has 5 fully saturated rings. The molecule has 5 aliphatic rings. The number of carbonyl (C=O) groups excluding carboxylic acids is 1. The zero-order chi connectivity index (χ0) is 24.2. The van der Waals surface area contributed by atoms with Gasteiger partial charge in [-0.05, 0) is 97.6 Å². The fourth-order valence-corrected chi connectivity index (χ4v) is 9.14. The van der Waals surface area contributed by atoms with Gasteiger partial charge < -0.3 is 10.1 Å². The average molecular weight is 515 g/mol. The Morgan fingerprint density at radius 2 is 1.54 bits per heavy atom. The van der Waals surface area contributed by atoms with Gasteiger partial charge in [-0.1, -0.05) is 23.7 Å². The fraction of sp³-hybridized carbons (Fsp3) is 0.519. The van der Waals surface area contributed by atoms with Crippen molar-refractivity contribution in [1.29, 1.82) is 0 Å². The predicted octanol–water partition coefficient (Wildman–Crippen LogP) is 5.15. The molecule has 1 heterocycles. The van der Waals surface area contributed by atoms with Crippen LogP contribution < -0.4 is 5.32 Å². The van der Waals surface area contributed by atoms with E-state index < -0.39 is 10.0 Å². The normalized spacial score (nSPS) is 30.4. The minimum absolute atomic E-state index is 0.0500. The molecule has 0 atom stereocenters. The first-order chi connectivity index (χ1) is 16.9. The molecule has 0 spiro atoms. The van der Waals surface area contributed by atoms with E-state index in [1.54, 1.807) is 6.07 Å². The molecule has 0 unspecified atom stereocenters. The molecule has 2 aromatic rings. The number of hydrogen-bond donors (Lipinski definition) is 1. The molecule has 2 aromatic carbocycles. The van der Waals surface area contributed by atoms with E-state index in [1.807, 2.05) is 12.1 Å². The maximum Gasteiger partial charge on any atom is 0.255 e. The summed E-state index contributed by atoms with van der Waals surface area (Å²) in [6.45, 7) is 1.23. The van der Waals surface area contributed by atoms with E-state index in [-0.39, 0.29) is 34.5 Å². The fourth-order valence-electron chi connectivity index (χ4n) is 7.23. The number of hydrogen-bond acceptors (Lipinski definition) is 4. The third-order valence-electron chi connectivity index (χ3n) is 8.56. The Labute approximate surface area is 212 Å². The number of amides is 1. The Morgan fingerprint density at radius 3 is 2.17 bits per heavy atom.